The Kier molecular flexibility index (Phi) is 6.03. The van der Waals surface area contributed by atoms with Crippen LogP contribution in [0.2, 0.25) is 0 Å². The lowest BCUT2D eigenvalue weighted by Gasteiger charge is -2.19. The van der Waals surface area contributed by atoms with Crippen LogP contribution in [0.25, 0.3) is 28.5 Å². The fourth-order valence-corrected chi connectivity index (χ4v) is 3.80. The first kappa shape index (κ1) is 21.0. The van der Waals surface area contributed by atoms with Gasteiger partial charge in [0.1, 0.15) is 0 Å². The molecule has 0 saturated heterocycles. The Balaban J connectivity index is 1.78. The van der Waals surface area contributed by atoms with Crippen molar-refractivity contribution in [3.63, 3.8) is 0 Å². The maximum atomic E-state index is 4.62. The van der Waals surface area contributed by atoms with Gasteiger partial charge in [0, 0.05) is 16.8 Å². The van der Waals surface area contributed by atoms with Gasteiger partial charge in [-0.2, -0.15) is 0 Å². The fourth-order valence-electron chi connectivity index (χ4n) is 3.80. The quantitative estimate of drug-likeness (QED) is 0.336. The molecule has 0 atom stereocenters. The number of nitrogens with zero attached hydrogens (tertiary/aromatic N) is 3. The van der Waals surface area contributed by atoms with Crippen LogP contribution in [0.3, 0.4) is 0 Å². The zero-order chi connectivity index (χ0) is 21.8. The number of hydrogen-bond donors (Lipinski definition) is 0. The molecule has 3 heteroatoms. The number of benzene rings is 3. The summed E-state index contributed by atoms with van der Waals surface area (Å²) in [7, 11) is 0. The molecule has 0 aliphatic heterocycles. The van der Waals surface area contributed by atoms with Crippen molar-refractivity contribution in [2.24, 2.45) is 0 Å². The number of aromatic nitrogens is 3. The first-order chi connectivity index (χ1) is 15.0. The van der Waals surface area contributed by atoms with Crippen LogP contribution >= 0.6 is 0 Å². The Morgan fingerprint density at radius 2 is 1.26 bits per heavy atom. The zero-order valence-electron chi connectivity index (χ0n) is 19.0. The van der Waals surface area contributed by atoms with Gasteiger partial charge < -0.3 is 0 Å². The second-order valence-corrected chi connectivity index (χ2v) is 9.15. The summed E-state index contributed by atoms with van der Waals surface area (Å²) in [4.78, 5) is 0. The van der Waals surface area contributed by atoms with E-state index in [1.807, 2.05) is 6.07 Å². The fraction of sp³-hybridized carbons (Fsp3) is 0.286. The molecule has 1 aromatic heterocycles. The van der Waals surface area contributed by atoms with E-state index in [9.17, 15) is 0 Å². The number of hydrogen-bond acceptors (Lipinski definition) is 2. The third-order valence-corrected chi connectivity index (χ3v) is 5.72. The molecule has 0 N–H and O–H groups in total. The highest BCUT2D eigenvalue weighted by Crippen LogP contribution is 2.30. The van der Waals surface area contributed by atoms with Crippen molar-refractivity contribution in [3.05, 3.63) is 90.0 Å². The number of aryl methyl sites for hydroxylation is 1. The minimum atomic E-state index is 0.121. The minimum absolute atomic E-state index is 0.121. The van der Waals surface area contributed by atoms with Crippen molar-refractivity contribution in [3.8, 4) is 28.5 Å². The van der Waals surface area contributed by atoms with Crippen molar-refractivity contribution in [1.29, 1.82) is 0 Å². The van der Waals surface area contributed by atoms with Gasteiger partial charge in [-0.3, -0.25) is 4.57 Å². The van der Waals surface area contributed by atoms with Gasteiger partial charge in [-0.05, 0) is 41.5 Å². The van der Waals surface area contributed by atoms with Crippen LogP contribution in [-0.4, -0.2) is 14.8 Å². The lowest BCUT2D eigenvalue weighted by atomic mass is 9.86. The number of rotatable bonds is 6. The maximum Gasteiger partial charge on any atom is 0.168 e. The molecule has 0 unspecified atom stereocenters. The predicted octanol–water partition coefficient (Wildman–Crippen LogP) is 7.24. The summed E-state index contributed by atoms with van der Waals surface area (Å²) < 4.78 is 2.16. The normalized spacial score (nSPS) is 11.6. The Bertz CT molecular complexity index is 1120. The first-order valence-corrected chi connectivity index (χ1v) is 11.2. The van der Waals surface area contributed by atoms with Gasteiger partial charge in [-0.1, -0.05) is 101 Å². The summed E-state index contributed by atoms with van der Waals surface area (Å²) in [5, 5.41) is 9.23. The molecule has 1 heterocycles. The molecule has 0 amide bonds. The lowest BCUT2D eigenvalue weighted by Crippen LogP contribution is -2.10. The Labute approximate surface area is 185 Å². The van der Waals surface area contributed by atoms with E-state index in [1.165, 1.54) is 24.0 Å². The SMILES string of the molecule is CCCCc1ccc(-c2nnc(-c3ccc(C(C)(C)C)cc3)n2-c2ccccc2)cc1. The van der Waals surface area contributed by atoms with E-state index in [0.717, 1.165) is 34.9 Å². The highest BCUT2D eigenvalue weighted by molar-refractivity contribution is 5.67. The van der Waals surface area contributed by atoms with Crippen molar-refractivity contribution in [1.82, 2.24) is 14.8 Å². The Morgan fingerprint density at radius 1 is 0.710 bits per heavy atom. The van der Waals surface area contributed by atoms with Gasteiger partial charge >= 0.3 is 0 Å². The third kappa shape index (κ3) is 4.61. The first-order valence-electron chi connectivity index (χ1n) is 11.2. The summed E-state index contributed by atoms with van der Waals surface area (Å²) in [6.07, 6.45) is 3.54. The molecule has 0 saturated carbocycles. The van der Waals surface area contributed by atoms with E-state index in [-0.39, 0.29) is 5.41 Å². The van der Waals surface area contributed by atoms with Crippen molar-refractivity contribution >= 4 is 0 Å². The molecule has 0 fully saturated rings. The van der Waals surface area contributed by atoms with Gasteiger partial charge in [-0.15, -0.1) is 10.2 Å². The number of para-hydroxylation sites is 1. The lowest BCUT2D eigenvalue weighted by molar-refractivity contribution is 0.590. The summed E-state index contributed by atoms with van der Waals surface area (Å²) in [5.74, 6) is 1.72. The monoisotopic (exact) mass is 409 g/mol. The Morgan fingerprint density at radius 3 is 1.77 bits per heavy atom. The highest BCUT2D eigenvalue weighted by atomic mass is 15.3. The smallest absolute Gasteiger partial charge is 0.168 e. The number of unbranched alkanes of at least 4 members (excludes halogenated alkanes) is 1. The molecular formula is C28H31N3. The molecule has 0 aliphatic rings. The highest BCUT2D eigenvalue weighted by Gasteiger charge is 2.18. The molecule has 158 valence electrons. The van der Waals surface area contributed by atoms with E-state index < -0.39 is 0 Å². The molecule has 0 aliphatic carbocycles. The van der Waals surface area contributed by atoms with Crippen LogP contribution in [-0.2, 0) is 11.8 Å². The van der Waals surface area contributed by atoms with Crippen LogP contribution in [0.5, 0.6) is 0 Å². The zero-order valence-corrected chi connectivity index (χ0v) is 19.0. The standard InChI is InChI=1S/C28H31N3/c1-5-6-10-21-13-15-22(16-14-21)26-29-30-27(31(26)25-11-8-7-9-12-25)23-17-19-24(20-18-23)28(2,3)4/h7-9,11-20H,5-6,10H2,1-4H3. The maximum absolute atomic E-state index is 4.62. The van der Waals surface area contributed by atoms with Gasteiger partial charge in [0.15, 0.2) is 11.6 Å². The van der Waals surface area contributed by atoms with Crippen molar-refractivity contribution in [2.75, 3.05) is 0 Å². The topological polar surface area (TPSA) is 30.7 Å². The molecule has 3 aromatic carbocycles. The molecule has 4 rings (SSSR count). The van der Waals surface area contributed by atoms with Crippen molar-refractivity contribution in [2.45, 2.75) is 52.4 Å². The minimum Gasteiger partial charge on any atom is -0.275 e. The van der Waals surface area contributed by atoms with Gasteiger partial charge in [0.25, 0.3) is 0 Å². The average Bonchev–Trinajstić information content (AvgIpc) is 3.23. The van der Waals surface area contributed by atoms with E-state index in [4.69, 9.17) is 0 Å². The van der Waals surface area contributed by atoms with E-state index in [2.05, 4.69) is 115 Å². The summed E-state index contributed by atoms with van der Waals surface area (Å²) >= 11 is 0. The van der Waals surface area contributed by atoms with Gasteiger partial charge in [0.2, 0.25) is 0 Å². The summed E-state index contributed by atoms with van der Waals surface area (Å²) in [5.41, 5.74) is 6.01. The van der Waals surface area contributed by atoms with Crippen LogP contribution in [0.15, 0.2) is 78.9 Å². The Hall–Kier alpha value is -3.20. The van der Waals surface area contributed by atoms with Gasteiger partial charge in [0.05, 0.1) is 0 Å². The molecule has 3 nitrogen and oxygen atoms in total. The van der Waals surface area contributed by atoms with E-state index in [0.29, 0.717) is 0 Å². The molecule has 0 radical (unpaired) electrons. The van der Waals surface area contributed by atoms with E-state index in [1.54, 1.807) is 0 Å². The van der Waals surface area contributed by atoms with Crippen LogP contribution in [0, 0.1) is 0 Å². The molecule has 31 heavy (non-hydrogen) atoms. The molecule has 0 spiro atoms. The largest absolute Gasteiger partial charge is 0.275 e. The van der Waals surface area contributed by atoms with Crippen LogP contribution in [0.4, 0.5) is 0 Å². The second kappa shape index (κ2) is 8.89. The van der Waals surface area contributed by atoms with Crippen LogP contribution in [0.1, 0.15) is 51.7 Å². The summed E-state index contributed by atoms with van der Waals surface area (Å²) in [6.45, 7) is 8.93. The van der Waals surface area contributed by atoms with Gasteiger partial charge in [-0.25, -0.2) is 0 Å². The molecule has 4 aromatic rings. The van der Waals surface area contributed by atoms with Crippen LogP contribution < -0.4 is 0 Å². The van der Waals surface area contributed by atoms with Crippen molar-refractivity contribution < 1.29 is 0 Å². The predicted molar refractivity (Wildman–Crippen MR) is 130 cm³/mol. The molecular weight excluding hydrogens is 378 g/mol. The summed E-state index contributed by atoms with van der Waals surface area (Å²) in [6, 6.07) is 27.8. The average molecular weight is 410 g/mol. The second-order valence-electron chi connectivity index (χ2n) is 9.15. The third-order valence-electron chi connectivity index (χ3n) is 5.72. The van der Waals surface area contributed by atoms with E-state index >= 15 is 0 Å². The molecule has 0 bridgehead atoms.